The van der Waals surface area contributed by atoms with E-state index in [-0.39, 0.29) is 21.9 Å². The molecule has 0 atom stereocenters. The van der Waals surface area contributed by atoms with Crippen LogP contribution in [0.2, 0.25) is 5.02 Å². The summed E-state index contributed by atoms with van der Waals surface area (Å²) >= 11 is 7.16. The van der Waals surface area contributed by atoms with E-state index in [9.17, 15) is 9.59 Å². The molecule has 6 nitrogen and oxygen atoms in total. The zero-order chi connectivity index (χ0) is 19.6. The van der Waals surface area contributed by atoms with Crippen molar-refractivity contribution in [3.63, 3.8) is 0 Å². The van der Waals surface area contributed by atoms with Gasteiger partial charge < -0.3 is 21.5 Å². The molecule has 5 N–H and O–H groups in total. The van der Waals surface area contributed by atoms with Gasteiger partial charge in [-0.1, -0.05) is 35.9 Å². The topological polar surface area (TPSA) is 107 Å². The summed E-state index contributed by atoms with van der Waals surface area (Å²) in [5.74, 6) is -0.545. The third-order valence-electron chi connectivity index (χ3n) is 3.87. The Morgan fingerprint density at radius 1 is 1.11 bits per heavy atom. The molecule has 0 aliphatic heterocycles. The average molecular weight is 402 g/mol. The van der Waals surface area contributed by atoms with Crippen molar-refractivity contribution >= 4 is 51.0 Å². The molecule has 0 saturated carbocycles. The summed E-state index contributed by atoms with van der Waals surface area (Å²) in [4.78, 5) is 25.0. The molecule has 0 aliphatic carbocycles. The smallest absolute Gasteiger partial charge is 0.253 e. The van der Waals surface area contributed by atoms with E-state index in [1.54, 1.807) is 36.4 Å². The number of para-hydroxylation sites is 2. The van der Waals surface area contributed by atoms with Gasteiger partial charge in [0.05, 0.1) is 29.1 Å². The van der Waals surface area contributed by atoms with Crippen LogP contribution in [0.25, 0.3) is 0 Å². The number of ketones is 1. The number of hydrogen-bond acceptors (Lipinski definition) is 6. The number of halogens is 1. The van der Waals surface area contributed by atoms with E-state index in [0.29, 0.717) is 27.0 Å². The number of nitrogen functional groups attached to an aromatic ring is 1. The molecular formula is C19H16ClN3O3S. The summed E-state index contributed by atoms with van der Waals surface area (Å²) < 4.78 is 5.30. The fourth-order valence-electron chi connectivity index (χ4n) is 2.58. The van der Waals surface area contributed by atoms with Gasteiger partial charge in [-0.25, -0.2) is 0 Å². The van der Waals surface area contributed by atoms with Gasteiger partial charge in [-0.3, -0.25) is 9.59 Å². The number of carbonyl (C=O) groups is 2. The number of hydrogen-bond donors (Lipinski definition) is 3. The lowest BCUT2D eigenvalue weighted by atomic mass is 10.1. The van der Waals surface area contributed by atoms with E-state index in [2.05, 4.69) is 5.32 Å². The molecule has 27 heavy (non-hydrogen) atoms. The highest BCUT2D eigenvalue weighted by molar-refractivity contribution is 7.19. The van der Waals surface area contributed by atoms with E-state index >= 15 is 0 Å². The predicted molar refractivity (Wildman–Crippen MR) is 108 cm³/mol. The Balaban J connectivity index is 2.08. The average Bonchev–Trinajstić information content (AvgIpc) is 2.98. The Kier molecular flexibility index (Phi) is 5.34. The number of anilines is 3. The Morgan fingerprint density at radius 3 is 2.44 bits per heavy atom. The largest absolute Gasteiger partial charge is 0.495 e. The highest BCUT2D eigenvalue weighted by Gasteiger charge is 2.26. The monoisotopic (exact) mass is 401 g/mol. The summed E-state index contributed by atoms with van der Waals surface area (Å²) in [6, 6.07) is 13.8. The number of nitrogens with two attached hydrogens (primary N) is 2. The first-order valence-electron chi connectivity index (χ1n) is 7.85. The highest BCUT2D eigenvalue weighted by atomic mass is 35.5. The van der Waals surface area contributed by atoms with Crippen molar-refractivity contribution in [2.45, 2.75) is 0 Å². The molecule has 0 aliphatic rings. The lowest BCUT2D eigenvalue weighted by Crippen LogP contribution is -2.14. The van der Waals surface area contributed by atoms with Gasteiger partial charge in [-0.2, -0.15) is 0 Å². The molecule has 0 unspecified atom stereocenters. The second-order valence-electron chi connectivity index (χ2n) is 5.55. The minimum Gasteiger partial charge on any atom is -0.495 e. The number of primary amides is 1. The van der Waals surface area contributed by atoms with Crippen molar-refractivity contribution in [1.82, 2.24) is 0 Å². The van der Waals surface area contributed by atoms with Crippen LogP contribution in [0.3, 0.4) is 0 Å². The summed E-state index contributed by atoms with van der Waals surface area (Å²) in [6.45, 7) is 0. The maximum atomic E-state index is 12.9. The van der Waals surface area contributed by atoms with Crippen LogP contribution in [0.15, 0.2) is 48.5 Å². The molecule has 8 heteroatoms. The SMILES string of the molecule is COc1ccccc1Nc1sc(C(=O)c2ccccc2Cl)c(N)c1C(N)=O. The van der Waals surface area contributed by atoms with Crippen LogP contribution in [0, 0.1) is 0 Å². The molecule has 3 aromatic rings. The Bertz CT molecular complexity index is 1030. The van der Waals surface area contributed by atoms with Crippen LogP contribution < -0.4 is 21.5 Å². The Hall–Kier alpha value is -3.03. The molecule has 1 amide bonds. The van der Waals surface area contributed by atoms with Gasteiger partial charge in [0.25, 0.3) is 5.91 Å². The van der Waals surface area contributed by atoms with Gasteiger partial charge >= 0.3 is 0 Å². The van der Waals surface area contributed by atoms with Gasteiger partial charge in [0, 0.05) is 5.56 Å². The third-order valence-corrected chi connectivity index (χ3v) is 5.32. The van der Waals surface area contributed by atoms with Gasteiger partial charge in [-0.15, -0.1) is 11.3 Å². The molecule has 1 heterocycles. The molecule has 0 saturated heterocycles. The van der Waals surface area contributed by atoms with E-state index < -0.39 is 5.91 Å². The summed E-state index contributed by atoms with van der Waals surface area (Å²) in [6.07, 6.45) is 0. The van der Waals surface area contributed by atoms with Crippen LogP contribution in [-0.2, 0) is 0 Å². The highest BCUT2D eigenvalue weighted by Crippen LogP contribution is 2.40. The predicted octanol–water partition coefficient (Wildman–Crippen LogP) is 4.07. The van der Waals surface area contributed by atoms with Crippen molar-refractivity contribution in [1.29, 1.82) is 0 Å². The molecule has 0 radical (unpaired) electrons. The second-order valence-corrected chi connectivity index (χ2v) is 6.98. The van der Waals surface area contributed by atoms with Gasteiger partial charge in [0.1, 0.15) is 15.6 Å². The molecule has 0 bridgehead atoms. The number of thiophene rings is 1. The van der Waals surface area contributed by atoms with Crippen LogP contribution in [0.1, 0.15) is 25.6 Å². The second kappa shape index (κ2) is 7.69. The van der Waals surface area contributed by atoms with Crippen LogP contribution >= 0.6 is 22.9 Å². The molecule has 138 valence electrons. The lowest BCUT2D eigenvalue weighted by molar-refractivity contribution is 0.100. The number of nitrogens with one attached hydrogen (secondary N) is 1. The van der Waals surface area contributed by atoms with Crippen LogP contribution in [0.5, 0.6) is 5.75 Å². The van der Waals surface area contributed by atoms with Crippen molar-refractivity contribution in [2.24, 2.45) is 5.73 Å². The third kappa shape index (κ3) is 3.60. The molecule has 1 aromatic heterocycles. The van der Waals surface area contributed by atoms with E-state index in [0.717, 1.165) is 11.3 Å². The quantitative estimate of drug-likeness (QED) is 0.540. The Morgan fingerprint density at radius 2 is 1.78 bits per heavy atom. The maximum Gasteiger partial charge on any atom is 0.253 e. The zero-order valence-electron chi connectivity index (χ0n) is 14.3. The first-order chi connectivity index (χ1) is 12.9. The van der Waals surface area contributed by atoms with Gasteiger partial charge in [0.2, 0.25) is 5.78 Å². The fraction of sp³-hybridized carbons (Fsp3) is 0.0526. The van der Waals surface area contributed by atoms with E-state index in [1.807, 2.05) is 12.1 Å². The van der Waals surface area contributed by atoms with Crippen molar-refractivity contribution in [3.8, 4) is 5.75 Å². The summed E-state index contributed by atoms with van der Waals surface area (Å²) in [5.41, 5.74) is 12.6. The van der Waals surface area contributed by atoms with Crippen molar-refractivity contribution in [2.75, 3.05) is 18.2 Å². The first-order valence-corrected chi connectivity index (χ1v) is 9.04. The Labute approximate surface area is 164 Å². The number of ether oxygens (including phenoxy) is 1. The maximum absolute atomic E-state index is 12.9. The van der Waals surface area contributed by atoms with Crippen molar-refractivity contribution < 1.29 is 14.3 Å². The number of benzene rings is 2. The minimum atomic E-state index is -0.737. The summed E-state index contributed by atoms with van der Waals surface area (Å²) in [5, 5.41) is 3.75. The van der Waals surface area contributed by atoms with E-state index in [1.165, 1.54) is 7.11 Å². The number of amides is 1. The molecule has 2 aromatic carbocycles. The standard InChI is InChI=1S/C19H16ClN3O3S/c1-26-13-9-5-4-8-12(13)23-19-14(18(22)25)15(21)17(27-19)16(24)10-6-2-3-7-11(10)20/h2-9,23H,21H2,1H3,(H2,22,25). The summed E-state index contributed by atoms with van der Waals surface area (Å²) in [7, 11) is 1.53. The number of methoxy groups -OCH3 is 1. The van der Waals surface area contributed by atoms with Crippen LogP contribution in [0.4, 0.5) is 16.4 Å². The van der Waals surface area contributed by atoms with Crippen molar-refractivity contribution in [3.05, 3.63) is 69.6 Å². The molecular weight excluding hydrogens is 386 g/mol. The van der Waals surface area contributed by atoms with Gasteiger partial charge in [0.15, 0.2) is 0 Å². The number of carbonyl (C=O) groups excluding carboxylic acids is 2. The van der Waals surface area contributed by atoms with Gasteiger partial charge in [-0.05, 0) is 24.3 Å². The normalized spacial score (nSPS) is 10.4. The lowest BCUT2D eigenvalue weighted by Gasteiger charge is -2.10. The zero-order valence-corrected chi connectivity index (χ0v) is 15.9. The molecule has 0 spiro atoms. The fourth-order valence-corrected chi connectivity index (χ4v) is 3.90. The molecule has 0 fully saturated rings. The van der Waals surface area contributed by atoms with E-state index in [4.69, 9.17) is 27.8 Å². The van der Waals surface area contributed by atoms with Crippen LogP contribution in [-0.4, -0.2) is 18.8 Å². The molecule has 3 rings (SSSR count). The number of rotatable bonds is 6. The minimum absolute atomic E-state index is 0.0230. The first kappa shape index (κ1) is 18.8.